The number of aldehydes is 1. The van der Waals surface area contributed by atoms with E-state index in [-0.39, 0.29) is 0 Å². The minimum atomic E-state index is 0.635. The molecule has 1 rings (SSSR count). The Balaban J connectivity index is 2.93. The molecular weight excluding hydrogens is 176 g/mol. The fraction of sp³-hybridized carbons (Fsp3) is 0.455. The molecule has 3 nitrogen and oxygen atoms in total. The lowest BCUT2D eigenvalue weighted by Gasteiger charge is -2.19. The zero-order valence-corrected chi connectivity index (χ0v) is 8.95. The van der Waals surface area contributed by atoms with Gasteiger partial charge >= 0.3 is 0 Å². The van der Waals surface area contributed by atoms with Gasteiger partial charge in [-0.25, -0.2) is 4.98 Å². The van der Waals surface area contributed by atoms with E-state index < -0.39 is 0 Å². The highest BCUT2D eigenvalue weighted by atomic mass is 16.1. The van der Waals surface area contributed by atoms with Gasteiger partial charge in [-0.3, -0.25) is 4.79 Å². The number of hydrogen-bond donors (Lipinski definition) is 0. The van der Waals surface area contributed by atoms with Gasteiger partial charge in [-0.1, -0.05) is 6.92 Å². The number of carbonyl (C=O) groups is 1. The number of nitrogens with zero attached hydrogens (tertiary/aromatic N) is 2. The van der Waals surface area contributed by atoms with Crippen LogP contribution < -0.4 is 4.90 Å². The topological polar surface area (TPSA) is 33.2 Å². The predicted octanol–water partition coefficient (Wildman–Crippen LogP) is 2.05. The first-order chi connectivity index (χ1) is 6.69. The number of aryl methyl sites for hydroxylation is 1. The molecular formula is C11H16N2O. The second kappa shape index (κ2) is 4.74. The average Bonchev–Trinajstić information content (AvgIpc) is 2.17. The molecule has 0 spiro atoms. The van der Waals surface area contributed by atoms with E-state index in [1.54, 1.807) is 6.20 Å². The van der Waals surface area contributed by atoms with Crippen LogP contribution in [0.25, 0.3) is 0 Å². The first kappa shape index (κ1) is 10.7. The summed E-state index contributed by atoms with van der Waals surface area (Å²) in [6, 6.07) is 1.86. The van der Waals surface area contributed by atoms with Crippen molar-refractivity contribution >= 4 is 12.1 Å². The molecule has 1 aromatic rings. The Morgan fingerprint density at radius 3 is 2.79 bits per heavy atom. The molecule has 0 fully saturated rings. The Morgan fingerprint density at radius 2 is 2.29 bits per heavy atom. The maximum absolute atomic E-state index is 10.5. The second-order valence-electron chi connectivity index (χ2n) is 3.45. The second-order valence-corrected chi connectivity index (χ2v) is 3.45. The molecule has 0 saturated heterocycles. The van der Waals surface area contributed by atoms with Crippen LogP contribution in [0.15, 0.2) is 12.3 Å². The third-order valence-electron chi connectivity index (χ3n) is 2.13. The lowest BCUT2D eigenvalue weighted by Crippen LogP contribution is -2.20. The Kier molecular flexibility index (Phi) is 3.63. The van der Waals surface area contributed by atoms with Crippen LogP contribution in [-0.2, 0) is 0 Å². The summed E-state index contributed by atoms with van der Waals surface area (Å²) in [4.78, 5) is 16.9. The van der Waals surface area contributed by atoms with Gasteiger partial charge in [-0.05, 0) is 25.0 Å². The largest absolute Gasteiger partial charge is 0.359 e. The van der Waals surface area contributed by atoms with Crippen LogP contribution in [0.3, 0.4) is 0 Å². The lowest BCUT2D eigenvalue weighted by atomic mass is 10.2. The zero-order valence-electron chi connectivity index (χ0n) is 8.95. The van der Waals surface area contributed by atoms with E-state index >= 15 is 0 Å². The van der Waals surface area contributed by atoms with Gasteiger partial charge in [0, 0.05) is 25.4 Å². The molecule has 0 saturated carbocycles. The molecule has 0 N–H and O–H groups in total. The fourth-order valence-corrected chi connectivity index (χ4v) is 1.49. The molecule has 3 heteroatoms. The number of pyridine rings is 1. The number of carbonyl (C=O) groups excluding carboxylic acids is 1. The van der Waals surface area contributed by atoms with Gasteiger partial charge in [0.25, 0.3) is 0 Å². The van der Waals surface area contributed by atoms with Crippen molar-refractivity contribution in [2.75, 3.05) is 18.5 Å². The van der Waals surface area contributed by atoms with E-state index in [4.69, 9.17) is 0 Å². The van der Waals surface area contributed by atoms with E-state index in [2.05, 4.69) is 16.8 Å². The standard InChI is InChI=1S/C11H16N2O/c1-4-5-13(3)11-9(2)6-10(8-14)7-12-11/h6-8H,4-5H2,1-3H3. The maximum Gasteiger partial charge on any atom is 0.151 e. The van der Waals surface area contributed by atoms with Crippen molar-refractivity contribution < 1.29 is 4.79 Å². The summed E-state index contributed by atoms with van der Waals surface area (Å²) >= 11 is 0. The summed E-state index contributed by atoms with van der Waals surface area (Å²) in [5.41, 5.74) is 1.68. The Bertz CT molecular complexity index is 323. The third-order valence-corrected chi connectivity index (χ3v) is 2.13. The summed E-state index contributed by atoms with van der Waals surface area (Å²) in [7, 11) is 2.01. The van der Waals surface area contributed by atoms with Crippen LogP contribution in [0.5, 0.6) is 0 Å². The first-order valence-corrected chi connectivity index (χ1v) is 4.82. The fourth-order valence-electron chi connectivity index (χ4n) is 1.49. The molecule has 0 bridgehead atoms. The normalized spacial score (nSPS) is 9.93. The van der Waals surface area contributed by atoms with Gasteiger partial charge in [0.15, 0.2) is 6.29 Å². The van der Waals surface area contributed by atoms with E-state index in [9.17, 15) is 4.79 Å². The van der Waals surface area contributed by atoms with Gasteiger partial charge in [0.2, 0.25) is 0 Å². The molecule has 0 aromatic carbocycles. The van der Waals surface area contributed by atoms with Crippen LogP contribution >= 0.6 is 0 Å². The Hall–Kier alpha value is -1.38. The van der Waals surface area contributed by atoms with Gasteiger partial charge in [-0.2, -0.15) is 0 Å². The summed E-state index contributed by atoms with van der Waals surface area (Å²) in [6.07, 6.45) is 3.53. The quantitative estimate of drug-likeness (QED) is 0.684. The molecule has 0 aliphatic carbocycles. The molecule has 1 aromatic heterocycles. The highest BCUT2D eigenvalue weighted by molar-refractivity contribution is 5.75. The van der Waals surface area contributed by atoms with E-state index in [1.165, 1.54) is 0 Å². The molecule has 0 amide bonds. The van der Waals surface area contributed by atoms with Crippen molar-refractivity contribution in [3.63, 3.8) is 0 Å². The van der Waals surface area contributed by atoms with Gasteiger partial charge in [-0.15, -0.1) is 0 Å². The Morgan fingerprint density at radius 1 is 1.57 bits per heavy atom. The number of rotatable bonds is 4. The number of aromatic nitrogens is 1. The van der Waals surface area contributed by atoms with Crippen molar-refractivity contribution in [3.8, 4) is 0 Å². The predicted molar refractivity (Wildman–Crippen MR) is 57.9 cm³/mol. The molecule has 1 heterocycles. The minimum absolute atomic E-state index is 0.635. The highest BCUT2D eigenvalue weighted by Gasteiger charge is 2.05. The summed E-state index contributed by atoms with van der Waals surface area (Å²) < 4.78 is 0. The van der Waals surface area contributed by atoms with Crippen molar-refractivity contribution in [1.29, 1.82) is 0 Å². The number of hydrogen-bond acceptors (Lipinski definition) is 3. The van der Waals surface area contributed by atoms with Crippen LogP contribution in [-0.4, -0.2) is 24.9 Å². The van der Waals surface area contributed by atoms with Crippen molar-refractivity contribution in [2.24, 2.45) is 0 Å². The lowest BCUT2D eigenvalue weighted by molar-refractivity contribution is 0.112. The molecule has 0 unspecified atom stereocenters. The summed E-state index contributed by atoms with van der Waals surface area (Å²) in [5.74, 6) is 0.956. The van der Waals surface area contributed by atoms with Gasteiger partial charge < -0.3 is 4.90 Å². The van der Waals surface area contributed by atoms with Crippen molar-refractivity contribution in [2.45, 2.75) is 20.3 Å². The SMILES string of the molecule is CCCN(C)c1ncc(C=O)cc1C. The number of anilines is 1. The van der Waals surface area contributed by atoms with E-state index in [0.717, 1.165) is 30.6 Å². The van der Waals surface area contributed by atoms with Gasteiger partial charge in [0.1, 0.15) is 5.82 Å². The van der Waals surface area contributed by atoms with Crippen LogP contribution in [0.1, 0.15) is 29.3 Å². The molecule has 76 valence electrons. The smallest absolute Gasteiger partial charge is 0.151 e. The van der Waals surface area contributed by atoms with Crippen molar-refractivity contribution in [1.82, 2.24) is 4.98 Å². The average molecular weight is 192 g/mol. The van der Waals surface area contributed by atoms with Crippen LogP contribution in [0, 0.1) is 6.92 Å². The van der Waals surface area contributed by atoms with E-state index in [0.29, 0.717) is 5.56 Å². The van der Waals surface area contributed by atoms with Crippen LogP contribution in [0.4, 0.5) is 5.82 Å². The first-order valence-electron chi connectivity index (χ1n) is 4.82. The maximum atomic E-state index is 10.5. The third kappa shape index (κ3) is 2.31. The molecule has 0 atom stereocenters. The highest BCUT2D eigenvalue weighted by Crippen LogP contribution is 2.15. The van der Waals surface area contributed by atoms with Gasteiger partial charge in [0.05, 0.1) is 0 Å². The Labute approximate surface area is 84.8 Å². The molecule has 0 radical (unpaired) electrons. The minimum Gasteiger partial charge on any atom is -0.359 e. The summed E-state index contributed by atoms with van der Waals surface area (Å²) in [6.45, 7) is 5.08. The van der Waals surface area contributed by atoms with E-state index in [1.807, 2.05) is 20.0 Å². The summed E-state index contributed by atoms with van der Waals surface area (Å²) in [5, 5.41) is 0. The molecule has 0 aliphatic heterocycles. The molecule has 14 heavy (non-hydrogen) atoms. The zero-order chi connectivity index (χ0) is 10.6. The van der Waals surface area contributed by atoms with Crippen molar-refractivity contribution in [3.05, 3.63) is 23.4 Å². The molecule has 0 aliphatic rings. The van der Waals surface area contributed by atoms with Crippen LogP contribution in [0.2, 0.25) is 0 Å². The monoisotopic (exact) mass is 192 g/mol.